The van der Waals surface area contributed by atoms with Crippen LogP contribution in [0.15, 0.2) is 18.3 Å². The molecule has 0 aliphatic heterocycles. The van der Waals surface area contributed by atoms with Crippen LogP contribution in [-0.4, -0.2) is 30.6 Å². The number of hydrogen-bond acceptors (Lipinski definition) is 3. The van der Waals surface area contributed by atoms with Crippen LogP contribution in [0.25, 0.3) is 0 Å². The van der Waals surface area contributed by atoms with E-state index in [1.807, 2.05) is 6.92 Å². The lowest BCUT2D eigenvalue weighted by Crippen LogP contribution is -2.35. The molecule has 15 heavy (non-hydrogen) atoms. The van der Waals surface area contributed by atoms with Crippen molar-refractivity contribution in [3.8, 4) is 0 Å². The highest BCUT2D eigenvalue weighted by Gasteiger charge is 2.12. The SMILES string of the molecule is COCC(C)NC(=O)c1cccnc1Cl. The van der Waals surface area contributed by atoms with Gasteiger partial charge in [-0.05, 0) is 19.1 Å². The third-order valence-electron chi connectivity index (χ3n) is 1.80. The molecule has 1 N–H and O–H groups in total. The topological polar surface area (TPSA) is 51.2 Å². The predicted molar refractivity (Wildman–Crippen MR) is 58.1 cm³/mol. The number of amides is 1. The molecule has 1 amide bonds. The predicted octanol–water partition coefficient (Wildman–Crippen LogP) is 1.50. The van der Waals surface area contributed by atoms with E-state index >= 15 is 0 Å². The summed E-state index contributed by atoms with van der Waals surface area (Å²) >= 11 is 5.78. The maximum Gasteiger partial charge on any atom is 0.254 e. The maximum atomic E-state index is 11.7. The molecule has 1 aromatic heterocycles. The fourth-order valence-electron chi connectivity index (χ4n) is 1.15. The van der Waals surface area contributed by atoms with E-state index in [1.165, 1.54) is 6.20 Å². The number of hydrogen-bond donors (Lipinski definition) is 1. The Morgan fingerprint density at radius 2 is 2.47 bits per heavy atom. The Morgan fingerprint density at radius 3 is 3.07 bits per heavy atom. The van der Waals surface area contributed by atoms with Gasteiger partial charge in [-0.25, -0.2) is 4.98 Å². The average Bonchev–Trinajstić information content (AvgIpc) is 2.18. The van der Waals surface area contributed by atoms with E-state index < -0.39 is 0 Å². The van der Waals surface area contributed by atoms with Crippen LogP contribution < -0.4 is 5.32 Å². The van der Waals surface area contributed by atoms with Crippen LogP contribution in [0.1, 0.15) is 17.3 Å². The highest BCUT2D eigenvalue weighted by Crippen LogP contribution is 2.11. The lowest BCUT2D eigenvalue weighted by Gasteiger charge is -2.12. The van der Waals surface area contributed by atoms with Gasteiger partial charge in [0.1, 0.15) is 5.15 Å². The number of nitrogens with one attached hydrogen (secondary N) is 1. The molecule has 5 heteroatoms. The molecule has 82 valence electrons. The van der Waals surface area contributed by atoms with Gasteiger partial charge in [0.15, 0.2) is 0 Å². The molecule has 0 bridgehead atoms. The first-order valence-corrected chi connectivity index (χ1v) is 4.93. The van der Waals surface area contributed by atoms with Gasteiger partial charge in [-0.2, -0.15) is 0 Å². The molecule has 0 aliphatic rings. The van der Waals surface area contributed by atoms with Crippen molar-refractivity contribution in [2.45, 2.75) is 13.0 Å². The normalized spacial score (nSPS) is 12.2. The molecule has 0 spiro atoms. The molecular formula is C10H13ClN2O2. The van der Waals surface area contributed by atoms with Crippen LogP contribution in [0, 0.1) is 0 Å². The number of pyridine rings is 1. The van der Waals surface area contributed by atoms with Crippen LogP contribution in [0.5, 0.6) is 0 Å². The second-order valence-corrected chi connectivity index (χ2v) is 3.53. The summed E-state index contributed by atoms with van der Waals surface area (Å²) in [6.07, 6.45) is 1.54. The largest absolute Gasteiger partial charge is 0.383 e. The van der Waals surface area contributed by atoms with Gasteiger partial charge < -0.3 is 10.1 Å². The number of methoxy groups -OCH3 is 1. The number of halogens is 1. The van der Waals surface area contributed by atoms with Crippen LogP contribution in [0.3, 0.4) is 0 Å². The van der Waals surface area contributed by atoms with Gasteiger partial charge in [0.2, 0.25) is 0 Å². The standard InChI is InChI=1S/C10H13ClN2O2/c1-7(6-15-2)13-10(14)8-4-3-5-12-9(8)11/h3-5,7H,6H2,1-2H3,(H,13,14). The van der Waals surface area contributed by atoms with Gasteiger partial charge in [-0.15, -0.1) is 0 Å². The van der Waals surface area contributed by atoms with Crippen molar-refractivity contribution in [3.63, 3.8) is 0 Å². The third kappa shape index (κ3) is 3.49. The quantitative estimate of drug-likeness (QED) is 0.795. The van der Waals surface area contributed by atoms with Gasteiger partial charge in [0.25, 0.3) is 5.91 Å². The molecular weight excluding hydrogens is 216 g/mol. The van der Waals surface area contributed by atoms with Crippen LogP contribution >= 0.6 is 11.6 Å². The molecule has 0 aliphatic carbocycles. The van der Waals surface area contributed by atoms with Crippen molar-refractivity contribution in [1.29, 1.82) is 0 Å². The van der Waals surface area contributed by atoms with Crippen LogP contribution in [-0.2, 0) is 4.74 Å². The summed E-state index contributed by atoms with van der Waals surface area (Å²) in [6, 6.07) is 3.24. The first kappa shape index (κ1) is 11.9. The molecule has 1 aromatic rings. The van der Waals surface area contributed by atoms with Crippen molar-refractivity contribution >= 4 is 17.5 Å². The Hall–Kier alpha value is -1.13. The van der Waals surface area contributed by atoms with E-state index in [2.05, 4.69) is 10.3 Å². The molecule has 0 aromatic carbocycles. The highest BCUT2D eigenvalue weighted by molar-refractivity contribution is 6.32. The van der Waals surface area contributed by atoms with Crippen molar-refractivity contribution < 1.29 is 9.53 Å². The minimum absolute atomic E-state index is 0.0567. The van der Waals surface area contributed by atoms with Crippen molar-refractivity contribution in [2.24, 2.45) is 0 Å². The third-order valence-corrected chi connectivity index (χ3v) is 2.10. The Morgan fingerprint density at radius 1 is 1.73 bits per heavy atom. The highest BCUT2D eigenvalue weighted by atomic mass is 35.5. The summed E-state index contributed by atoms with van der Waals surface area (Å²) in [5.41, 5.74) is 0.377. The van der Waals surface area contributed by atoms with E-state index in [1.54, 1.807) is 19.2 Å². The van der Waals surface area contributed by atoms with E-state index in [0.29, 0.717) is 12.2 Å². The van der Waals surface area contributed by atoms with Crippen LogP contribution in [0.2, 0.25) is 5.15 Å². The average molecular weight is 229 g/mol. The molecule has 0 saturated carbocycles. The fraction of sp³-hybridized carbons (Fsp3) is 0.400. The molecule has 1 rings (SSSR count). The number of rotatable bonds is 4. The lowest BCUT2D eigenvalue weighted by atomic mass is 10.2. The monoisotopic (exact) mass is 228 g/mol. The van der Waals surface area contributed by atoms with Gasteiger partial charge in [-0.1, -0.05) is 11.6 Å². The smallest absolute Gasteiger partial charge is 0.254 e. The van der Waals surface area contributed by atoms with Gasteiger partial charge in [0, 0.05) is 19.3 Å². The minimum atomic E-state index is -0.238. The second-order valence-electron chi connectivity index (χ2n) is 3.17. The van der Waals surface area contributed by atoms with Crippen molar-refractivity contribution in [3.05, 3.63) is 29.0 Å². The second kappa shape index (κ2) is 5.68. The number of carbonyl (C=O) groups is 1. The summed E-state index contributed by atoms with van der Waals surface area (Å²) in [5.74, 6) is -0.238. The zero-order valence-electron chi connectivity index (χ0n) is 8.66. The number of aromatic nitrogens is 1. The summed E-state index contributed by atoms with van der Waals surface area (Å²) in [6.45, 7) is 2.31. The minimum Gasteiger partial charge on any atom is -0.383 e. The Labute approximate surface area is 93.6 Å². The van der Waals surface area contributed by atoms with Gasteiger partial charge in [-0.3, -0.25) is 4.79 Å². The molecule has 4 nitrogen and oxygen atoms in total. The number of ether oxygens (including phenoxy) is 1. The summed E-state index contributed by atoms with van der Waals surface area (Å²) in [7, 11) is 1.58. The van der Waals surface area contributed by atoms with Gasteiger partial charge in [0.05, 0.1) is 12.2 Å². The zero-order valence-corrected chi connectivity index (χ0v) is 9.41. The number of carbonyl (C=O) groups excluding carboxylic acids is 1. The molecule has 1 atom stereocenters. The molecule has 0 saturated heterocycles. The number of nitrogens with zero attached hydrogens (tertiary/aromatic N) is 1. The van der Waals surface area contributed by atoms with Crippen molar-refractivity contribution in [2.75, 3.05) is 13.7 Å². The van der Waals surface area contributed by atoms with Gasteiger partial charge >= 0.3 is 0 Å². The first-order valence-electron chi connectivity index (χ1n) is 4.55. The molecule has 1 unspecified atom stereocenters. The van der Waals surface area contributed by atoms with E-state index in [0.717, 1.165) is 0 Å². The molecule has 1 heterocycles. The van der Waals surface area contributed by atoms with E-state index in [9.17, 15) is 4.79 Å². The Bertz CT molecular complexity index is 344. The summed E-state index contributed by atoms with van der Waals surface area (Å²) in [5, 5.41) is 2.96. The fourth-order valence-corrected chi connectivity index (χ4v) is 1.35. The summed E-state index contributed by atoms with van der Waals surface area (Å²) < 4.78 is 4.91. The van der Waals surface area contributed by atoms with E-state index in [-0.39, 0.29) is 17.1 Å². The zero-order chi connectivity index (χ0) is 11.3. The summed E-state index contributed by atoms with van der Waals surface area (Å²) in [4.78, 5) is 15.5. The van der Waals surface area contributed by atoms with Crippen molar-refractivity contribution in [1.82, 2.24) is 10.3 Å². The van der Waals surface area contributed by atoms with Crippen LogP contribution in [0.4, 0.5) is 0 Å². The molecule has 0 fully saturated rings. The molecule has 0 radical (unpaired) electrons. The Balaban J connectivity index is 2.65. The van der Waals surface area contributed by atoms with E-state index in [4.69, 9.17) is 16.3 Å². The first-order chi connectivity index (χ1) is 7.15. The Kier molecular flexibility index (Phi) is 4.52. The lowest BCUT2D eigenvalue weighted by molar-refractivity contribution is 0.0905. The maximum absolute atomic E-state index is 11.7.